The van der Waals surface area contributed by atoms with Crippen molar-refractivity contribution in [2.75, 3.05) is 45.0 Å². The number of anilines is 1. The summed E-state index contributed by atoms with van der Waals surface area (Å²) in [5.74, 6) is -0.473. The van der Waals surface area contributed by atoms with Crippen LogP contribution in [0.25, 0.3) is 0 Å². The first-order valence-electron chi connectivity index (χ1n) is 17.9. The van der Waals surface area contributed by atoms with Crippen LogP contribution in [0, 0.1) is 18.7 Å². The Kier molecular flexibility index (Phi) is 10.4. The highest BCUT2D eigenvalue weighted by molar-refractivity contribution is 7.13. The topological polar surface area (TPSA) is 156 Å². The summed E-state index contributed by atoms with van der Waals surface area (Å²) < 4.78 is 20.1. The lowest BCUT2D eigenvalue weighted by molar-refractivity contribution is -0.142. The quantitative estimate of drug-likeness (QED) is 0.241. The fourth-order valence-corrected chi connectivity index (χ4v) is 8.79. The second kappa shape index (κ2) is 15.1. The molecule has 3 fully saturated rings. The summed E-state index contributed by atoms with van der Waals surface area (Å²) in [5.41, 5.74) is 5.77. The van der Waals surface area contributed by atoms with Gasteiger partial charge < -0.3 is 30.7 Å². The maximum atomic E-state index is 14.2. The van der Waals surface area contributed by atoms with Crippen LogP contribution in [0.15, 0.2) is 65.7 Å². The predicted octanol–water partition coefficient (Wildman–Crippen LogP) is 4.29. The van der Waals surface area contributed by atoms with Gasteiger partial charge in [-0.1, -0.05) is 30.3 Å². The number of nitrogens with one attached hydrogen (secondary N) is 1. The van der Waals surface area contributed by atoms with Gasteiger partial charge in [0.1, 0.15) is 22.8 Å². The number of likely N-dealkylation sites (tertiary alicyclic amines) is 2. The third-order valence-corrected chi connectivity index (χ3v) is 11.9. The Labute approximate surface area is 305 Å². The number of thiazole rings is 1. The van der Waals surface area contributed by atoms with E-state index in [-0.39, 0.29) is 60.4 Å². The van der Waals surface area contributed by atoms with Crippen molar-refractivity contribution in [1.82, 2.24) is 29.7 Å². The fourth-order valence-electron chi connectivity index (χ4n) is 7.62. The summed E-state index contributed by atoms with van der Waals surface area (Å²) in [6.07, 6.45) is 4.48. The van der Waals surface area contributed by atoms with Crippen LogP contribution in [0.5, 0.6) is 11.6 Å². The van der Waals surface area contributed by atoms with Crippen molar-refractivity contribution >= 4 is 28.8 Å². The Morgan fingerprint density at radius 3 is 2.54 bits per heavy atom. The third kappa shape index (κ3) is 7.59. The monoisotopic (exact) mass is 729 g/mol. The molecule has 3 atom stereocenters. The van der Waals surface area contributed by atoms with Crippen molar-refractivity contribution in [3.8, 4) is 11.6 Å². The van der Waals surface area contributed by atoms with Crippen molar-refractivity contribution in [2.45, 2.75) is 63.0 Å². The summed E-state index contributed by atoms with van der Waals surface area (Å²) >= 11 is 1.51. The maximum absolute atomic E-state index is 14.2. The lowest BCUT2D eigenvalue weighted by atomic mass is 9.79. The molecule has 7 rings (SSSR count). The van der Waals surface area contributed by atoms with Gasteiger partial charge in [-0.2, -0.15) is 0 Å². The number of carbonyl (C=O) groups is 2. The molecule has 0 bridgehead atoms. The van der Waals surface area contributed by atoms with Crippen molar-refractivity contribution < 1.29 is 23.8 Å². The molecule has 1 unspecified atom stereocenters. The fraction of sp³-hybridized carbons (Fsp3) is 0.447. The van der Waals surface area contributed by atoms with E-state index in [0.717, 1.165) is 42.2 Å². The number of nitrogens with two attached hydrogens (primary N) is 1. The van der Waals surface area contributed by atoms with Crippen molar-refractivity contribution in [2.24, 2.45) is 5.92 Å². The minimum atomic E-state index is -1.26. The van der Waals surface area contributed by atoms with Crippen LogP contribution in [-0.4, -0.2) is 86.1 Å². The number of nitrogen functional groups attached to an aromatic ring is 1. The number of rotatable bonds is 8. The van der Waals surface area contributed by atoms with Gasteiger partial charge in [0.25, 0.3) is 11.5 Å². The van der Waals surface area contributed by atoms with E-state index < -0.39 is 17.0 Å². The molecule has 52 heavy (non-hydrogen) atoms. The number of piperidine rings is 3. The standard InChI is InChI=1S/C38H44FN7O5S/c1-24-32(52-34(43-24)26-8-5-16-41-20-26)37(49)45-17-13-29(30(21-45)25-6-3-2-4-7-25)35(47)44-18-14-38(50,15-19-44)22-46-23-42-33(31(40)36(46)48)51-28-11-9-27(39)10-12-28/h2-4,6-7,9-12,23,26,29-30,41,50H,5,8,13-22,40H2,1H3/t26?,29-,30+/m1/s1. The molecule has 4 N–H and O–H groups in total. The number of benzene rings is 2. The number of halogens is 1. The van der Waals surface area contributed by atoms with Crippen LogP contribution in [-0.2, 0) is 11.3 Å². The average Bonchev–Trinajstić information content (AvgIpc) is 3.57. The van der Waals surface area contributed by atoms with E-state index in [1.54, 1.807) is 4.90 Å². The summed E-state index contributed by atoms with van der Waals surface area (Å²) in [5, 5.41) is 16.0. The van der Waals surface area contributed by atoms with Crippen LogP contribution >= 0.6 is 11.3 Å². The highest BCUT2D eigenvalue weighted by Crippen LogP contribution is 2.37. The van der Waals surface area contributed by atoms with Gasteiger partial charge in [0.2, 0.25) is 11.8 Å². The smallest absolute Gasteiger partial charge is 0.280 e. The van der Waals surface area contributed by atoms with Gasteiger partial charge in [-0.25, -0.2) is 14.4 Å². The number of ether oxygens (including phenoxy) is 1. The molecule has 5 heterocycles. The van der Waals surface area contributed by atoms with E-state index in [1.807, 2.05) is 42.2 Å². The molecular weight excluding hydrogens is 686 g/mol. The molecule has 3 aliphatic rings. The van der Waals surface area contributed by atoms with Gasteiger partial charge in [-0.3, -0.25) is 19.0 Å². The molecule has 0 spiro atoms. The molecule has 4 aromatic rings. The van der Waals surface area contributed by atoms with Crippen LogP contribution in [0.1, 0.15) is 69.9 Å². The zero-order valence-electron chi connectivity index (χ0n) is 29.2. The summed E-state index contributed by atoms with van der Waals surface area (Å²) in [6, 6.07) is 15.2. The van der Waals surface area contributed by atoms with Crippen LogP contribution < -0.4 is 21.3 Å². The SMILES string of the molecule is Cc1nc(C2CCCNC2)sc1C(=O)N1CC[C@@H](C(=O)N2CCC(O)(Cn3cnc(Oc4ccc(F)cc4)c(N)c3=O)CC2)[C@H](c2ccccc2)C1. The number of aryl methyl sites for hydroxylation is 1. The number of nitrogens with zero attached hydrogens (tertiary/aromatic N) is 5. The molecular formula is C38H44FN7O5S. The number of aromatic nitrogens is 3. The van der Waals surface area contributed by atoms with Crippen molar-refractivity contribution in [3.05, 3.63) is 98.2 Å². The van der Waals surface area contributed by atoms with Crippen LogP contribution in [0.3, 0.4) is 0 Å². The first kappa shape index (κ1) is 35.7. The molecule has 0 radical (unpaired) electrons. The Hall–Kier alpha value is -4.66. The van der Waals surface area contributed by atoms with Gasteiger partial charge >= 0.3 is 0 Å². The first-order valence-corrected chi connectivity index (χ1v) is 18.7. The van der Waals surface area contributed by atoms with E-state index in [9.17, 15) is 23.9 Å². The Balaban J connectivity index is 1.01. The highest BCUT2D eigenvalue weighted by atomic mass is 32.1. The Morgan fingerprint density at radius 2 is 1.83 bits per heavy atom. The normalized spacial score (nSPS) is 21.9. The molecule has 2 amide bonds. The van der Waals surface area contributed by atoms with Gasteiger partial charge in [0.05, 0.1) is 22.8 Å². The van der Waals surface area contributed by atoms with Crippen LogP contribution in [0.2, 0.25) is 0 Å². The van der Waals surface area contributed by atoms with Gasteiger partial charge in [0.15, 0.2) is 5.69 Å². The minimum absolute atomic E-state index is 0.00873. The minimum Gasteiger partial charge on any atom is -0.437 e. The van der Waals surface area contributed by atoms with E-state index in [1.165, 1.54) is 46.5 Å². The number of carbonyl (C=O) groups excluding carboxylic acids is 2. The highest BCUT2D eigenvalue weighted by Gasteiger charge is 2.42. The van der Waals surface area contributed by atoms with Gasteiger partial charge in [-0.05, 0) is 75.4 Å². The average molecular weight is 730 g/mol. The molecule has 2 aromatic carbocycles. The molecule has 3 aliphatic heterocycles. The number of aliphatic hydroxyl groups is 1. The number of hydrogen-bond donors (Lipinski definition) is 3. The lowest BCUT2D eigenvalue weighted by Gasteiger charge is -2.43. The van der Waals surface area contributed by atoms with Crippen molar-refractivity contribution in [3.63, 3.8) is 0 Å². The Morgan fingerprint density at radius 1 is 1.08 bits per heavy atom. The van der Waals surface area contributed by atoms with E-state index in [2.05, 4.69) is 10.3 Å². The molecule has 2 aromatic heterocycles. The maximum Gasteiger partial charge on any atom is 0.280 e. The largest absolute Gasteiger partial charge is 0.437 e. The Bertz CT molecular complexity index is 1960. The molecule has 0 saturated carbocycles. The molecule has 3 saturated heterocycles. The summed E-state index contributed by atoms with van der Waals surface area (Å²) in [4.78, 5) is 54.6. The van der Waals surface area contributed by atoms with Gasteiger partial charge in [-0.15, -0.1) is 11.3 Å². The second-order valence-corrected chi connectivity index (χ2v) is 15.2. The number of amides is 2. The first-order chi connectivity index (χ1) is 25.1. The summed E-state index contributed by atoms with van der Waals surface area (Å²) in [7, 11) is 0. The van der Waals surface area contributed by atoms with Crippen LogP contribution in [0.4, 0.5) is 10.1 Å². The molecule has 274 valence electrons. The van der Waals surface area contributed by atoms with E-state index >= 15 is 0 Å². The van der Waals surface area contributed by atoms with Gasteiger partial charge in [0, 0.05) is 50.5 Å². The third-order valence-electron chi connectivity index (χ3n) is 10.6. The zero-order valence-corrected chi connectivity index (χ0v) is 30.0. The number of hydrogen-bond acceptors (Lipinski definition) is 10. The zero-order chi connectivity index (χ0) is 36.4. The molecule has 14 heteroatoms. The molecule has 12 nitrogen and oxygen atoms in total. The summed E-state index contributed by atoms with van der Waals surface area (Å²) in [6.45, 7) is 5.28. The van der Waals surface area contributed by atoms with E-state index in [4.69, 9.17) is 15.5 Å². The predicted molar refractivity (Wildman–Crippen MR) is 195 cm³/mol. The second-order valence-electron chi connectivity index (χ2n) is 14.2. The van der Waals surface area contributed by atoms with E-state index in [0.29, 0.717) is 43.4 Å². The lowest BCUT2D eigenvalue weighted by Crippen LogP contribution is -2.53. The van der Waals surface area contributed by atoms with Crippen molar-refractivity contribution in [1.29, 1.82) is 0 Å². The molecule has 0 aliphatic carbocycles.